The lowest BCUT2D eigenvalue weighted by Gasteiger charge is -2.44. The quantitative estimate of drug-likeness (QED) is 0.646. The van der Waals surface area contributed by atoms with Crippen LogP contribution in [-0.2, 0) is 0 Å². The number of nitrogens with zero attached hydrogens (tertiary/aromatic N) is 1. The zero-order valence-electron chi connectivity index (χ0n) is 8.02. The molecule has 0 aromatic rings. The van der Waals surface area contributed by atoms with E-state index in [1.54, 1.807) is 0 Å². The molecule has 2 atom stereocenters. The first-order chi connectivity index (χ1) is 6.31. The molecule has 2 N–H and O–H groups in total. The molecule has 1 aliphatic heterocycles. The average Bonchev–Trinajstić information content (AvgIpc) is 2.17. The first-order valence-corrected chi connectivity index (χ1v) is 5.34. The van der Waals surface area contributed by atoms with Crippen molar-refractivity contribution in [3.05, 3.63) is 0 Å². The Hall–Kier alpha value is -0.120. The molecule has 0 amide bonds. The van der Waals surface area contributed by atoms with E-state index < -0.39 is 0 Å². The van der Waals surface area contributed by atoms with Gasteiger partial charge in [0.25, 0.3) is 0 Å². The summed E-state index contributed by atoms with van der Waals surface area (Å²) in [6.45, 7) is 2.46. The van der Waals surface area contributed by atoms with E-state index in [4.69, 9.17) is 5.11 Å². The fourth-order valence-corrected chi connectivity index (χ4v) is 2.36. The van der Waals surface area contributed by atoms with Gasteiger partial charge in [0.1, 0.15) is 0 Å². The Labute approximate surface area is 79.4 Å². The van der Waals surface area contributed by atoms with Crippen LogP contribution in [0.4, 0.5) is 0 Å². The van der Waals surface area contributed by atoms with Crippen molar-refractivity contribution in [2.75, 3.05) is 19.7 Å². The first kappa shape index (κ1) is 9.44. The molecule has 0 aromatic carbocycles. The van der Waals surface area contributed by atoms with Gasteiger partial charge in [-0.3, -0.25) is 4.90 Å². The number of hydrogen-bond donors (Lipinski definition) is 2. The van der Waals surface area contributed by atoms with Crippen LogP contribution in [0.1, 0.15) is 25.7 Å². The maximum absolute atomic E-state index is 9.49. The Balaban J connectivity index is 1.77. The van der Waals surface area contributed by atoms with Gasteiger partial charge < -0.3 is 10.2 Å². The highest BCUT2D eigenvalue weighted by atomic mass is 16.3. The van der Waals surface area contributed by atoms with Crippen molar-refractivity contribution >= 4 is 0 Å². The van der Waals surface area contributed by atoms with Crippen LogP contribution in [0.15, 0.2) is 0 Å². The fraction of sp³-hybridized carbons (Fsp3) is 1.00. The third-order valence-electron chi connectivity index (χ3n) is 3.58. The Morgan fingerprint density at radius 1 is 1.08 bits per heavy atom. The molecule has 1 heterocycles. The molecule has 0 aromatic heterocycles. The van der Waals surface area contributed by atoms with Gasteiger partial charge in [-0.1, -0.05) is 0 Å². The number of aliphatic hydroxyl groups excluding tert-OH is 2. The second-order valence-electron chi connectivity index (χ2n) is 4.37. The summed E-state index contributed by atoms with van der Waals surface area (Å²) in [5.41, 5.74) is 0. The van der Waals surface area contributed by atoms with Gasteiger partial charge in [0.2, 0.25) is 0 Å². The molecular formula is C10H19NO2. The van der Waals surface area contributed by atoms with Crippen LogP contribution >= 0.6 is 0 Å². The summed E-state index contributed by atoms with van der Waals surface area (Å²) < 4.78 is 0. The van der Waals surface area contributed by atoms with Crippen LogP contribution in [0, 0.1) is 5.92 Å². The second kappa shape index (κ2) is 3.95. The molecule has 2 fully saturated rings. The normalized spacial score (nSPS) is 37.4. The SMILES string of the molecule is OCC1CCN(C2CCC2O)CC1. The van der Waals surface area contributed by atoms with Crippen LogP contribution in [0.3, 0.4) is 0 Å². The van der Waals surface area contributed by atoms with Gasteiger partial charge in [-0.25, -0.2) is 0 Å². The van der Waals surface area contributed by atoms with E-state index in [9.17, 15) is 5.11 Å². The van der Waals surface area contributed by atoms with Gasteiger partial charge >= 0.3 is 0 Å². The number of likely N-dealkylation sites (tertiary alicyclic amines) is 1. The molecule has 0 bridgehead atoms. The summed E-state index contributed by atoms with van der Waals surface area (Å²) in [7, 11) is 0. The Morgan fingerprint density at radius 2 is 1.77 bits per heavy atom. The van der Waals surface area contributed by atoms with Gasteiger partial charge in [-0.15, -0.1) is 0 Å². The van der Waals surface area contributed by atoms with Gasteiger partial charge in [0.15, 0.2) is 0 Å². The molecule has 2 aliphatic rings. The first-order valence-electron chi connectivity index (χ1n) is 5.34. The van der Waals surface area contributed by atoms with Crippen molar-refractivity contribution in [2.24, 2.45) is 5.92 Å². The van der Waals surface area contributed by atoms with Crippen molar-refractivity contribution in [1.29, 1.82) is 0 Å². The van der Waals surface area contributed by atoms with Crippen LogP contribution < -0.4 is 0 Å². The van der Waals surface area contributed by atoms with E-state index in [1.165, 1.54) is 0 Å². The van der Waals surface area contributed by atoms with E-state index in [2.05, 4.69) is 4.90 Å². The van der Waals surface area contributed by atoms with Crippen molar-refractivity contribution in [2.45, 2.75) is 37.8 Å². The van der Waals surface area contributed by atoms with E-state index in [-0.39, 0.29) is 6.10 Å². The maximum atomic E-state index is 9.49. The van der Waals surface area contributed by atoms with Crippen LogP contribution in [-0.4, -0.2) is 47.0 Å². The molecule has 1 saturated heterocycles. The highest BCUT2D eigenvalue weighted by Crippen LogP contribution is 2.29. The number of hydrogen-bond acceptors (Lipinski definition) is 3. The Bertz CT molecular complexity index is 166. The summed E-state index contributed by atoms with van der Waals surface area (Å²) in [4.78, 5) is 2.39. The van der Waals surface area contributed by atoms with E-state index in [0.717, 1.165) is 38.8 Å². The number of rotatable bonds is 2. The second-order valence-corrected chi connectivity index (χ2v) is 4.37. The predicted molar refractivity (Wildman–Crippen MR) is 50.4 cm³/mol. The Kier molecular flexibility index (Phi) is 2.86. The zero-order valence-corrected chi connectivity index (χ0v) is 8.02. The monoisotopic (exact) mass is 185 g/mol. The molecule has 13 heavy (non-hydrogen) atoms. The summed E-state index contributed by atoms with van der Waals surface area (Å²) >= 11 is 0. The van der Waals surface area contributed by atoms with Crippen molar-refractivity contribution in [3.8, 4) is 0 Å². The molecule has 0 radical (unpaired) electrons. The highest BCUT2D eigenvalue weighted by Gasteiger charge is 2.35. The molecule has 1 aliphatic carbocycles. The summed E-state index contributed by atoms with van der Waals surface area (Å²) in [6, 6.07) is 0.430. The third kappa shape index (κ3) is 1.87. The van der Waals surface area contributed by atoms with E-state index >= 15 is 0 Å². The minimum atomic E-state index is -0.0781. The minimum absolute atomic E-state index is 0.0781. The fourth-order valence-electron chi connectivity index (χ4n) is 2.36. The van der Waals surface area contributed by atoms with Crippen LogP contribution in [0.25, 0.3) is 0 Å². The summed E-state index contributed by atoms with van der Waals surface area (Å²) in [5.74, 6) is 0.508. The topological polar surface area (TPSA) is 43.7 Å². The average molecular weight is 185 g/mol. The maximum Gasteiger partial charge on any atom is 0.0696 e. The van der Waals surface area contributed by atoms with Gasteiger partial charge in [0, 0.05) is 12.6 Å². The molecule has 2 unspecified atom stereocenters. The standard InChI is InChI=1S/C10H19NO2/c12-7-8-3-5-11(6-4-8)9-1-2-10(9)13/h8-10,12-13H,1-7H2. The zero-order chi connectivity index (χ0) is 9.26. The van der Waals surface area contributed by atoms with Gasteiger partial charge in [0.05, 0.1) is 6.10 Å². The molecule has 1 saturated carbocycles. The highest BCUT2D eigenvalue weighted by molar-refractivity contribution is 4.90. The molecular weight excluding hydrogens is 166 g/mol. The number of aliphatic hydroxyl groups is 2. The molecule has 2 rings (SSSR count). The van der Waals surface area contributed by atoms with E-state index in [1.807, 2.05) is 0 Å². The van der Waals surface area contributed by atoms with Crippen molar-refractivity contribution < 1.29 is 10.2 Å². The van der Waals surface area contributed by atoms with Crippen molar-refractivity contribution in [3.63, 3.8) is 0 Å². The van der Waals surface area contributed by atoms with Crippen LogP contribution in [0.5, 0.6) is 0 Å². The smallest absolute Gasteiger partial charge is 0.0696 e. The number of piperidine rings is 1. The van der Waals surface area contributed by atoms with Gasteiger partial charge in [-0.05, 0) is 44.7 Å². The van der Waals surface area contributed by atoms with Crippen molar-refractivity contribution in [1.82, 2.24) is 4.90 Å². The molecule has 76 valence electrons. The lowest BCUT2D eigenvalue weighted by atomic mass is 9.85. The summed E-state index contributed by atoms with van der Waals surface area (Å²) in [5, 5.41) is 18.5. The lowest BCUT2D eigenvalue weighted by molar-refractivity contribution is -0.0366. The predicted octanol–water partition coefficient (Wildman–Crippen LogP) is 0.214. The molecule has 3 nitrogen and oxygen atoms in total. The lowest BCUT2D eigenvalue weighted by Crippen LogP contribution is -2.53. The van der Waals surface area contributed by atoms with Crippen LogP contribution in [0.2, 0.25) is 0 Å². The van der Waals surface area contributed by atoms with E-state index in [0.29, 0.717) is 18.6 Å². The molecule has 3 heteroatoms. The molecule has 0 spiro atoms. The largest absolute Gasteiger partial charge is 0.396 e. The minimum Gasteiger partial charge on any atom is -0.396 e. The Morgan fingerprint density at radius 3 is 2.15 bits per heavy atom. The summed E-state index contributed by atoms with van der Waals surface area (Å²) in [6.07, 6.45) is 4.25. The third-order valence-corrected chi connectivity index (χ3v) is 3.58. The van der Waals surface area contributed by atoms with Gasteiger partial charge in [-0.2, -0.15) is 0 Å².